The molecule has 1 fully saturated rings. The van der Waals surface area contributed by atoms with E-state index in [2.05, 4.69) is 27.5 Å². The van der Waals surface area contributed by atoms with E-state index >= 15 is 0 Å². The van der Waals surface area contributed by atoms with Gasteiger partial charge in [-0.25, -0.2) is 0 Å². The standard InChI is InChI=1S/C7H12N4S2/c1-11-3-2-5(4-11)8-6-9-10-7(12)13-6/h5H,2-4H2,1H3,(H,8,9)(H,10,12). The lowest BCUT2D eigenvalue weighted by Crippen LogP contribution is -2.23. The molecule has 4 nitrogen and oxygen atoms in total. The molecule has 2 heterocycles. The molecule has 0 saturated carbocycles. The van der Waals surface area contributed by atoms with E-state index in [1.807, 2.05) is 0 Å². The molecular weight excluding hydrogens is 204 g/mol. The highest BCUT2D eigenvalue weighted by atomic mass is 32.1. The van der Waals surface area contributed by atoms with E-state index in [9.17, 15) is 0 Å². The summed E-state index contributed by atoms with van der Waals surface area (Å²) in [5.41, 5.74) is 0. The summed E-state index contributed by atoms with van der Waals surface area (Å²) >= 11 is 6.44. The normalized spacial score (nSPS) is 23.6. The van der Waals surface area contributed by atoms with Gasteiger partial charge < -0.3 is 10.2 Å². The number of rotatable bonds is 2. The van der Waals surface area contributed by atoms with E-state index in [0.29, 0.717) is 6.04 Å². The van der Waals surface area contributed by atoms with Gasteiger partial charge in [0.15, 0.2) is 3.95 Å². The highest BCUT2D eigenvalue weighted by Gasteiger charge is 2.19. The zero-order chi connectivity index (χ0) is 9.26. The van der Waals surface area contributed by atoms with Gasteiger partial charge >= 0.3 is 0 Å². The predicted octanol–water partition coefficient (Wildman–Crippen LogP) is 1.32. The van der Waals surface area contributed by atoms with Crippen molar-refractivity contribution in [1.82, 2.24) is 15.1 Å². The number of nitrogens with one attached hydrogen (secondary N) is 2. The highest BCUT2D eigenvalue weighted by Crippen LogP contribution is 2.16. The van der Waals surface area contributed by atoms with Crippen molar-refractivity contribution in [3.05, 3.63) is 3.95 Å². The SMILES string of the molecule is CN1CCC(Nc2n[nH]c(=S)s2)C1. The van der Waals surface area contributed by atoms with Gasteiger partial charge in [0.2, 0.25) is 5.13 Å². The lowest BCUT2D eigenvalue weighted by Gasteiger charge is -2.10. The smallest absolute Gasteiger partial charge is 0.204 e. The molecule has 1 aliphatic rings. The quantitative estimate of drug-likeness (QED) is 0.732. The first-order valence-corrected chi connectivity index (χ1v) is 5.47. The molecule has 1 aromatic heterocycles. The number of hydrogen-bond donors (Lipinski definition) is 2. The third kappa shape index (κ3) is 2.26. The van der Waals surface area contributed by atoms with Crippen LogP contribution in [0, 0.1) is 3.95 Å². The van der Waals surface area contributed by atoms with Gasteiger partial charge in [-0.15, -0.1) is 5.10 Å². The lowest BCUT2D eigenvalue weighted by atomic mass is 10.3. The third-order valence-electron chi connectivity index (χ3n) is 2.16. The fraction of sp³-hybridized carbons (Fsp3) is 0.714. The lowest BCUT2D eigenvalue weighted by molar-refractivity contribution is 0.414. The van der Waals surface area contributed by atoms with Crippen LogP contribution in [-0.4, -0.2) is 41.3 Å². The number of nitrogens with zero attached hydrogens (tertiary/aromatic N) is 2. The molecular formula is C7H12N4S2. The second kappa shape index (κ2) is 3.73. The maximum Gasteiger partial charge on any atom is 0.204 e. The predicted molar refractivity (Wildman–Crippen MR) is 56.8 cm³/mol. The molecule has 1 saturated heterocycles. The van der Waals surface area contributed by atoms with E-state index in [1.54, 1.807) is 0 Å². The molecule has 0 aliphatic carbocycles. The van der Waals surface area contributed by atoms with Crippen LogP contribution in [0.5, 0.6) is 0 Å². The first kappa shape index (κ1) is 9.11. The van der Waals surface area contributed by atoms with Crippen molar-refractivity contribution < 1.29 is 0 Å². The summed E-state index contributed by atoms with van der Waals surface area (Å²) in [6, 6.07) is 0.527. The largest absolute Gasteiger partial charge is 0.356 e. The van der Waals surface area contributed by atoms with E-state index in [-0.39, 0.29) is 0 Å². The fourth-order valence-corrected chi connectivity index (χ4v) is 2.39. The summed E-state index contributed by atoms with van der Waals surface area (Å²) in [7, 11) is 2.13. The fourth-order valence-electron chi connectivity index (χ4n) is 1.52. The van der Waals surface area contributed by atoms with Gasteiger partial charge in [-0.2, -0.15) is 0 Å². The molecule has 1 atom stereocenters. The summed E-state index contributed by atoms with van der Waals surface area (Å²) < 4.78 is 0.730. The average Bonchev–Trinajstić information content (AvgIpc) is 2.62. The number of aromatic nitrogens is 2. The summed E-state index contributed by atoms with van der Waals surface area (Å²) in [4.78, 5) is 2.31. The monoisotopic (exact) mass is 216 g/mol. The van der Waals surface area contributed by atoms with Crippen LogP contribution >= 0.6 is 23.6 Å². The van der Waals surface area contributed by atoms with Crippen molar-refractivity contribution in [3.63, 3.8) is 0 Å². The zero-order valence-electron chi connectivity index (χ0n) is 7.41. The number of likely N-dealkylation sites (N-methyl/N-ethyl adjacent to an activating group) is 1. The minimum atomic E-state index is 0.527. The summed E-state index contributed by atoms with van der Waals surface area (Å²) in [5, 5.41) is 11.1. The Morgan fingerprint density at radius 2 is 2.62 bits per heavy atom. The van der Waals surface area contributed by atoms with E-state index in [0.717, 1.165) is 22.2 Å². The Balaban J connectivity index is 1.95. The van der Waals surface area contributed by atoms with Crippen molar-refractivity contribution in [2.45, 2.75) is 12.5 Å². The molecule has 2 N–H and O–H groups in total. The maximum absolute atomic E-state index is 4.95. The minimum Gasteiger partial charge on any atom is -0.356 e. The number of anilines is 1. The molecule has 72 valence electrons. The Hall–Kier alpha value is -0.460. The Bertz CT molecular complexity index is 331. The molecule has 1 aliphatic heterocycles. The van der Waals surface area contributed by atoms with Crippen molar-refractivity contribution in [1.29, 1.82) is 0 Å². The molecule has 0 bridgehead atoms. The number of likely N-dealkylation sites (tertiary alicyclic amines) is 1. The van der Waals surface area contributed by atoms with Gasteiger partial charge in [-0.05, 0) is 32.2 Å². The molecule has 1 aromatic rings. The molecule has 1 unspecified atom stereocenters. The van der Waals surface area contributed by atoms with E-state index < -0.39 is 0 Å². The van der Waals surface area contributed by atoms with Gasteiger partial charge in [0.1, 0.15) is 0 Å². The van der Waals surface area contributed by atoms with Crippen LogP contribution in [0.4, 0.5) is 5.13 Å². The first-order valence-electron chi connectivity index (χ1n) is 4.24. The second-order valence-corrected chi connectivity index (χ2v) is 4.98. The van der Waals surface area contributed by atoms with Gasteiger partial charge in [0.05, 0.1) is 0 Å². The topological polar surface area (TPSA) is 44.0 Å². The average molecular weight is 216 g/mol. The zero-order valence-corrected chi connectivity index (χ0v) is 9.04. The van der Waals surface area contributed by atoms with Crippen LogP contribution in [0.1, 0.15) is 6.42 Å². The van der Waals surface area contributed by atoms with Crippen LogP contribution < -0.4 is 5.32 Å². The molecule has 0 radical (unpaired) electrons. The van der Waals surface area contributed by atoms with Crippen molar-refractivity contribution in [2.24, 2.45) is 0 Å². The van der Waals surface area contributed by atoms with Gasteiger partial charge in [-0.3, -0.25) is 5.10 Å². The molecule has 0 aromatic carbocycles. The Labute approximate surface area is 86.0 Å². The van der Waals surface area contributed by atoms with Crippen molar-refractivity contribution in [3.8, 4) is 0 Å². The van der Waals surface area contributed by atoms with Gasteiger partial charge in [0.25, 0.3) is 0 Å². The second-order valence-electron chi connectivity index (χ2n) is 3.31. The van der Waals surface area contributed by atoms with Crippen molar-refractivity contribution in [2.75, 3.05) is 25.5 Å². The van der Waals surface area contributed by atoms with Gasteiger partial charge in [-0.1, -0.05) is 11.3 Å². The first-order chi connectivity index (χ1) is 6.24. The Morgan fingerprint density at radius 1 is 1.77 bits per heavy atom. The van der Waals surface area contributed by atoms with Crippen molar-refractivity contribution >= 4 is 28.7 Å². The van der Waals surface area contributed by atoms with Gasteiger partial charge in [0, 0.05) is 12.6 Å². The van der Waals surface area contributed by atoms with Crippen LogP contribution in [0.25, 0.3) is 0 Å². The molecule has 0 amide bonds. The number of hydrogen-bond acceptors (Lipinski definition) is 5. The maximum atomic E-state index is 4.95. The number of aromatic amines is 1. The van der Waals surface area contributed by atoms with E-state index in [4.69, 9.17) is 12.2 Å². The van der Waals surface area contributed by atoms with E-state index in [1.165, 1.54) is 17.8 Å². The molecule has 6 heteroatoms. The summed E-state index contributed by atoms with van der Waals surface area (Å²) in [6.07, 6.45) is 1.18. The molecule has 0 spiro atoms. The summed E-state index contributed by atoms with van der Waals surface area (Å²) in [5.74, 6) is 0. The molecule has 2 rings (SSSR count). The highest BCUT2D eigenvalue weighted by molar-refractivity contribution is 7.73. The summed E-state index contributed by atoms with van der Waals surface area (Å²) in [6.45, 7) is 2.25. The minimum absolute atomic E-state index is 0.527. The number of H-pyrrole nitrogens is 1. The van der Waals surface area contributed by atoms with Crippen LogP contribution in [-0.2, 0) is 0 Å². The third-order valence-corrected chi connectivity index (χ3v) is 3.18. The molecule has 13 heavy (non-hydrogen) atoms. The Morgan fingerprint density at radius 3 is 3.15 bits per heavy atom. The van der Waals surface area contributed by atoms with Crippen LogP contribution in [0.2, 0.25) is 0 Å². The Kier molecular flexibility index (Phi) is 2.61. The van der Waals surface area contributed by atoms with Crippen LogP contribution in [0.15, 0.2) is 0 Å². The van der Waals surface area contributed by atoms with Crippen LogP contribution in [0.3, 0.4) is 0 Å².